The second-order valence-corrected chi connectivity index (χ2v) is 7.39. The van der Waals surface area contributed by atoms with Crippen LogP contribution < -0.4 is 15.6 Å². The molecule has 0 saturated heterocycles. The molecule has 3 aromatic rings. The van der Waals surface area contributed by atoms with Crippen LogP contribution in [-0.4, -0.2) is 44.9 Å². The van der Waals surface area contributed by atoms with E-state index < -0.39 is 18.2 Å². The number of ether oxygens (including phenoxy) is 2. The highest BCUT2D eigenvalue weighted by Gasteiger charge is 2.31. The standard InChI is InChI=1S/C22H22F3N5O5/c1-34-21(33)16-7-10-29(19(31)12-16)8-2-3-9-30-14-18(27-28-30)20(32)26-13-15-5-4-6-17(11-15)35-22(23,24)25/h4-7,10-12,14H,2-3,8-9,13H2,1H3,(H,26,32). The molecule has 0 saturated carbocycles. The van der Waals surface area contributed by atoms with Crippen molar-refractivity contribution >= 4 is 11.9 Å². The number of amides is 1. The molecule has 2 heterocycles. The fraction of sp³-hybridized carbons (Fsp3) is 0.318. The van der Waals surface area contributed by atoms with Gasteiger partial charge >= 0.3 is 12.3 Å². The van der Waals surface area contributed by atoms with Gasteiger partial charge in [0.2, 0.25) is 0 Å². The summed E-state index contributed by atoms with van der Waals surface area (Å²) in [6, 6.07) is 8.01. The van der Waals surface area contributed by atoms with Crippen LogP contribution >= 0.6 is 0 Å². The molecule has 186 valence electrons. The van der Waals surface area contributed by atoms with Crippen LogP contribution in [0.25, 0.3) is 0 Å². The van der Waals surface area contributed by atoms with E-state index in [1.54, 1.807) is 6.07 Å². The Hall–Kier alpha value is -4.16. The van der Waals surface area contributed by atoms with E-state index in [4.69, 9.17) is 0 Å². The second kappa shape index (κ2) is 11.3. The summed E-state index contributed by atoms with van der Waals surface area (Å²) in [7, 11) is 1.24. The third-order valence-corrected chi connectivity index (χ3v) is 4.81. The second-order valence-electron chi connectivity index (χ2n) is 7.39. The SMILES string of the molecule is COC(=O)c1ccn(CCCCn2cc(C(=O)NCc3cccc(OC(F)(F)F)c3)nn2)c(=O)c1. The van der Waals surface area contributed by atoms with Crippen molar-refractivity contribution in [2.45, 2.75) is 38.8 Å². The van der Waals surface area contributed by atoms with E-state index in [-0.39, 0.29) is 29.1 Å². The first-order valence-electron chi connectivity index (χ1n) is 10.5. The highest BCUT2D eigenvalue weighted by atomic mass is 19.4. The third kappa shape index (κ3) is 7.69. The van der Waals surface area contributed by atoms with Crippen LogP contribution in [0.4, 0.5) is 13.2 Å². The zero-order valence-corrected chi connectivity index (χ0v) is 18.6. The molecule has 1 amide bonds. The molecule has 10 nitrogen and oxygen atoms in total. The van der Waals surface area contributed by atoms with Crippen molar-refractivity contribution in [2.24, 2.45) is 0 Å². The van der Waals surface area contributed by atoms with E-state index in [2.05, 4.69) is 25.1 Å². The van der Waals surface area contributed by atoms with Crippen LogP contribution in [0.3, 0.4) is 0 Å². The Morgan fingerprint density at radius 2 is 1.89 bits per heavy atom. The maximum Gasteiger partial charge on any atom is 0.573 e. The Balaban J connectivity index is 1.45. The predicted octanol–water partition coefficient (Wildman–Crippen LogP) is 2.54. The van der Waals surface area contributed by atoms with Gasteiger partial charge in [0.1, 0.15) is 5.75 Å². The highest BCUT2D eigenvalue weighted by Crippen LogP contribution is 2.23. The van der Waals surface area contributed by atoms with Crippen LogP contribution in [0.2, 0.25) is 0 Å². The van der Waals surface area contributed by atoms with E-state index in [9.17, 15) is 27.6 Å². The number of aromatic nitrogens is 4. The van der Waals surface area contributed by atoms with Gasteiger partial charge in [0.15, 0.2) is 5.69 Å². The van der Waals surface area contributed by atoms with Crippen LogP contribution in [0.1, 0.15) is 39.3 Å². The zero-order chi connectivity index (χ0) is 25.4. The quantitative estimate of drug-likeness (QED) is 0.341. The summed E-state index contributed by atoms with van der Waals surface area (Å²) in [5, 5.41) is 10.3. The van der Waals surface area contributed by atoms with Gasteiger partial charge in [-0.2, -0.15) is 0 Å². The molecule has 0 bridgehead atoms. The Labute approximate surface area is 197 Å². The Morgan fingerprint density at radius 1 is 1.11 bits per heavy atom. The number of nitrogens with zero attached hydrogens (tertiary/aromatic N) is 4. The number of hydrogen-bond donors (Lipinski definition) is 1. The van der Waals surface area contributed by atoms with Crippen molar-refractivity contribution in [3.63, 3.8) is 0 Å². The van der Waals surface area contributed by atoms with Crippen molar-refractivity contribution in [3.8, 4) is 5.75 Å². The molecule has 3 rings (SSSR count). The van der Waals surface area contributed by atoms with Gasteiger partial charge in [0.05, 0.1) is 18.9 Å². The monoisotopic (exact) mass is 493 g/mol. The lowest BCUT2D eigenvalue weighted by Crippen LogP contribution is -2.23. The molecule has 0 aliphatic carbocycles. The lowest BCUT2D eigenvalue weighted by atomic mass is 10.2. The van der Waals surface area contributed by atoms with E-state index in [0.717, 1.165) is 6.07 Å². The lowest BCUT2D eigenvalue weighted by molar-refractivity contribution is -0.274. The van der Waals surface area contributed by atoms with Gasteiger partial charge in [-0.1, -0.05) is 17.3 Å². The van der Waals surface area contributed by atoms with Gasteiger partial charge in [-0.05, 0) is 36.6 Å². The minimum absolute atomic E-state index is 0.0235. The van der Waals surface area contributed by atoms with Crippen LogP contribution in [0.15, 0.2) is 53.6 Å². The normalized spacial score (nSPS) is 11.2. The zero-order valence-electron chi connectivity index (χ0n) is 18.6. The number of hydrogen-bond acceptors (Lipinski definition) is 7. The first kappa shape index (κ1) is 25.5. The summed E-state index contributed by atoms with van der Waals surface area (Å²) in [5.74, 6) is -1.49. The fourth-order valence-corrected chi connectivity index (χ4v) is 3.13. The molecular weight excluding hydrogens is 471 g/mol. The summed E-state index contributed by atoms with van der Waals surface area (Å²) >= 11 is 0. The van der Waals surface area contributed by atoms with E-state index in [1.165, 1.54) is 53.0 Å². The van der Waals surface area contributed by atoms with Crippen molar-refractivity contribution in [1.29, 1.82) is 0 Å². The number of rotatable bonds is 10. The van der Waals surface area contributed by atoms with Gasteiger partial charge in [0.25, 0.3) is 11.5 Å². The number of unbranched alkanes of at least 4 members (excludes halogenated alkanes) is 1. The van der Waals surface area contributed by atoms with E-state index >= 15 is 0 Å². The lowest BCUT2D eigenvalue weighted by Gasteiger charge is -2.10. The topological polar surface area (TPSA) is 117 Å². The summed E-state index contributed by atoms with van der Waals surface area (Å²) in [6.45, 7) is 0.857. The fourth-order valence-electron chi connectivity index (χ4n) is 3.13. The number of carbonyl (C=O) groups excluding carboxylic acids is 2. The van der Waals surface area contributed by atoms with Crippen molar-refractivity contribution < 1.29 is 32.2 Å². The van der Waals surface area contributed by atoms with Gasteiger partial charge in [-0.15, -0.1) is 18.3 Å². The number of esters is 1. The largest absolute Gasteiger partial charge is 0.573 e. The first-order chi connectivity index (χ1) is 16.6. The molecule has 0 atom stereocenters. The number of methoxy groups -OCH3 is 1. The molecule has 13 heteroatoms. The first-order valence-corrected chi connectivity index (χ1v) is 10.5. The number of halogens is 3. The molecule has 0 spiro atoms. The Kier molecular flexibility index (Phi) is 8.23. The van der Waals surface area contributed by atoms with Crippen LogP contribution in [-0.2, 0) is 24.4 Å². The molecule has 0 fully saturated rings. The summed E-state index contributed by atoms with van der Waals surface area (Å²) in [5.41, 5.74) is 0.345. The number of carbonyl (C=O) groups is 2. The third-order valence-electron chi connectivity index (χ3n) is 4.81. The summed E-state index contributed by atoms with van der Waals surface area (Å²) < 4.78 is 48.4. The maximum atomic E-state index is 12.3. The van der Waals surface area contributed by atoms with Gasteiger partial charge in [0, 0.05) is 31.9 Å². The summed E-state index contributed by atoms with van der Waals surface area (Å²) in [4.78, 5) is 35.8. The highest BCUT2D eigenvalue weighted by molar-refractivity contribution is 5.91. The smallest absolute Gasteiger partial charge is 0.465 e. The van der Waals surface area contributed by atoms with Crippen molar-refractivity contribution in [2.75, 3.05) is 7.11 Å². The molecular formula is C22H22F3N5O5. The Bertz CT molecular complexity index is 1240. The predicted molar refractivity (Wildman–Crippen MR) is 116 cm³/mol. The number of benzene rings is 1. The van der Waals surface area contributed by atoms with Crippen LogP contribution in [0.5, 0.6) is 5.75 Å². The van der Waals surface area contributed by atoms with E-state index in [0.29, 0.717) is 31.5 Å². The van der Waals surface area contributed by atoms with Crippen molar-refractivity contribution in [1.82, 2.24) is 24.9 Å². The molecule has 0 unspecified atom stereocenters. The van der Waals surface area contributed by atoms with Gasteiger partial charge in [-0.3, -0.25) is 14.3 Å². The number of pyridine rings is 1. The average molecular weight is 493 g/mol. The number of aryl methyl sites for hydroxylation is 2. The molecule has 0 aliphatic rings. The van der Waals surface area contributed by atoms with E-state index in [1.807, 2.05) is 0 Å². The molecule has 1 N–H and O–H groups in total. The molecule has 0 radical (unpaired) electrons. The van der Waals surface area contributed by atoms with Gasteiger partial charge in [-0.25, -0.2) is 4.79 Å². The number of nitrogens with one attached hydrogen (secondary N) is 1. The minimum atomic E-state index is -4.80. The average Bonchev–Trinajstić information content (AvgIpc) is 3.29. The molecule has 0 aliphatic heterocycles. The Morgan fingerprint density at radius 3 is 2.60 bits per heavy atom. The molecule has 1 aromatic carbocycles. The molecule has 2 aromatic heterocycles. The van der Waals surface area contributed by atoms with Crippen LogP contribution in [0, 0.1) is 0 Å². The minimum Gasteiger partial charge on any atom is -0.465 e. The maximum absolute atomic E-state index is 12.3. The van der Waals surface area contributed by atoms with Crippen molar-refractivity contribution in [3.05, 3.63) is 76.0 Å². The number of alkyl halides is 3. The van der Waals surface area contributed by atoms with Gasteiger partial charge < -0.3 is 19.4 Å². The molecule has 35 heavy (non-hydrogen) atoms. The summed E-state index contributed by atoms with van der Waals surface area (Å²) in [6.07, 6.45) is -0.546.